The summed E-state index contributed by atoms with van der Waals surface area (Å²) >= 11 is 6.20. The molecule has 1 aliphatic rings. The molecule has 1 fully saturated rings. The molecule has 1 unspecified atom stereocenters. The molecule has 0 spiro atoms. The van der Waals surface area contributed by atoms with Crippen molar-refractivity contribution in [1.82, 2.24) is 0 Å². The molecule has 0 saturated carbocycles. The van der Waals surface area contributed by atoms with Gasteiger partial charge in [-0.25, -0.2) is 0 Å². The topological polar surface area (TPSA) is 52.0 Å². The van der Waals surface area contributed by atoms with Crippen molar-refractivity contribution in [3.8, 4) is 5.75 Å². The molecule has 1 heterocycles. The number of carbonyl (C=O) groups is 1. The molecule has 2 N–H and O–H groups in total. The molecule has 2 aromatic carbocycles. The lowest BCUT2D eigenvalue weighted by Crippen LogP contribution is -3.16. The van der Waals surface area contributed by atoms with Gasteiger partial charge in [-0.15, -0.1) is 0 Å². The number of hydrogen-bond acceptors (Lipinski definition) is 3. The number of amides is 1. The summed E-state index contributed by atoms with van der Waals surface area (Å²) in [5.74, 6) is 0.523. The van der Waals surface area contributed by atoms with E-state index in [-0.39, 0.29) is 24.2 Å². The summed E-state index contributed by atoms with van der Waals surface area (Å²) in [4.78, 5) is 14.4. The highest BCUT2D eigenvalue weighted by atomic mass is 35.5. The molecule has 3 rings (SSSR count). The minimum Gasteiger partial charge on any atom is -0.495 e. The van der Waals surface area contributed by atoms with Crippen LogP contribution in [0.3, 0.4) is 0 Å². The molecule has 1 saturated heterocycles. The van der Waals surface area contributed by atoms with E-state index in [0.717, 1.165) is 18.7 Å². The molecule has 0 aromatic heterocycles. The van der Waals surface area contributed by atoms with Crippen LogP contribution < -0.4 is 15.0 Å². The summed E-state index contributed by atoms with van der Waals surface area (Å²) in [6.07, 6.45) is 0.219. The lowest BCUT2D eigenvalue weighted by molar-refractivity contribution is -0.936. The maximum atomic E-state index is 13.2. The van der Waals surface area contributed by atoms with Gasteiger partial charge in [0.05, 0.1) is 12.1 Å². The maximum absolute atomic E-state index is 13.2. The molecule has 0 bridgehead atoms. The second kappa shape index (κ2) is 8.74. The van der Waals surface area contributed by atoms with Crippen molar-refractivity contribution in [2.75, 3.05) is 25.5 Å². The zero-order valence-electron chi connectivity index (χ0n) is 15.9. The zero-order chi connectivity index (χ0) is 19.4. The summed E-state index contributed by atoms with van der Waals surface area (Å²) in [5.41, 5.74) is 1.64. The Morgan fingerprint density at radius 2 is 1.85 bits per heavy atom. The van der Waals surface area contributed by atoms with Gasteiger partial charge in [0.2, 0.25) is 0 Å². The molecule has 27 heavy (non-hydrogen) atoms. The van der Waals surface area contributed by atoms with Crippen LogP contribution >= 0.6 is 11.6 Å². The second-order valence-corrected chi connectivity index (χ2v) is 7.41. The van der Waals surface area contributed by atoms with Crippen molar-refractivity contribution < 1.29 is 19.2 Å². The van der Waals surface area contributed by atoms with Crippen LogP contribution in [0.4, 0.5) is 5.69 Å². The van der Waals surface area contributed by atoms with E-state index in [1.165, 1.54) is 4.90 Å². The van der Waals surface area contributed by atoms with Gasteiger partial charge in [-0.3, -0.25) is 4.79 Å². The van der Waals surface area contributed by atoms with Crippen molar-refractivity contribution in [2.24, 2.45) is 0 Å². The number of nitrogens with one attached hydrogen (secondary N) is 2. The Morgan fingerprint density at radius 3 is 2.44 bits per heavy atom. The smallest absolute Gasteiger partial charge is 0.287 e. The number of rotatable bonds is 5. The van der Waals surface area contributed by atoms with E-state index in [1.807, 2.05) is 30.3 Å². The summed E-state index contributed by atoms with van der Waals surface area (Å²) in [6, 6.07) is 14.8. The van der Waals surface area contributed by atoms with Gasteiger partial charge in [0.25, 0.3) is 5.91 Å². The first-order chi connectivity index (χ1) is 13.0. The Morgan fingerprint density at radius 1 is 1.19 bits per heavy atom. The standard InChI is InChI=1S/C21H25ClN2O3/c1-14-12-24(13-15(2)27-14)20(16-7-5-4-6-8-16)21(25)23-17-9-10-19(26-3)18(22)11-17/h4-11,14-15,20H,12-13H2,1-3H3,(H,23,25)/p+1/t14-,15+,20-/m0/s1. The van der Waals surface area contributed by atoms with E-state index >= 15 is 0 Å². The fraction of sp³-hybridized carbons (Fsp3) is 0.381. The predicted molar refractivity (Wildman–Crippen MR) is 107 cm³/mol. The van der Waals surface area contributed by atoms with E-state index in [9.17, 15) is 4.79 Å². The maximum Gasteiger partial charge on any atom is 0.287 e. The summed E-state index contributed by atoms with van der Waals surface area (Å²) < 4.78 is 11.0. The predicted octanol–water partition coefficient (Wildman–Crippen LogP) is 2.72. The van der Waals surface area contributed by atoms with Gasteiger partial charge in [0.15, 0.2) is 6.04 Å². The van der Waals surface area contributed by atoms with Crippen molar-refractivity contribution in [3.63, 3.8) is 0 Å². The number of benzene rings is 2. The average Bonchev–Trinajstić information content (AvgIpc) is 2.62. The van der Waals surface area contributed by atoms with E-state index in [2.05, 4.69) is 19.2 Å². The van der Waals surface area contributed by atoms with Crippen LogP contribution in [0.5, 0.6) is 5.75 Å². The molecule has 6 heteroatoms. The number of methoxy groups -OCH3 is 1. The van der Waals surface area contributed by atoms with Crippen LogP contribution in [0.2, 0.25) is 5.02 Å². The summed E-state index contributed by atoms with van der Waals surface area (Å²) in [5, 5.41) is 3.48. The largest absolute Gasteiger partial charge is 0.495 e. The molecule has 1 aliphatic heterocycles. The molecule has 144 valence electrons. The highest BCUT2D eigenvalue weighted by Crippen LogP contribution is 2.27. The van der Waals surface area contributed by atoms with E-state index < -0.39 is 0 Å². The van der Waals surface area contributed by atoms with Gasteiger partial charge in [-0.1, -0.05) is 41.9 Å². The van der Waals surface area contributed by atoms with Gasteiger partial charge >= 0.3 is 0 Å². The van der Waals surface area contributed by atoms with Crippen LogP contribution in [0.15, 0.2) is 48.5 Å². The van der Waals surface area contributed by atoms with Crippen LogP contribution in [0.1, 0.15) is 25.5 Å². The van der Waals surface area contributed by atoms with Gasteiger partial charge in [-0.05, 0) is 32.0 Å². The SMILES string of the molecule is COc1ccc(NC(=O)[C@H](c2ccccc2)[NH+]2C[C@@H](C)O[C@@H](C)C2)cc1Cl. The second-order valence-electron chi connectivity index (χ2n) is 7.01. The molecule has 0 aliphatic carbocycles. The van der Waals surface area contributed by atoms with Gasteiger partial charge in [-0.2, -0.15) is 0 Å². The Hall–Kier alpha value is -2.08. The van der Waals surface area contributed by atoms with Crippen LogP contribution in [-0.4, -0.2) is 38.3 Å². The molecule has 2 aromatic rings. The highest BCUT2D eigenvalue weighted by molar-refractivity contribution is 6.32. The third-order valence-electron chi connectivity index (χ3n) is 4.79. The Labute approximate surface area is 165 Å². The lowest BCUT2D eigenvalue weighted by atomic mass is 10.0. The fourth-order valence-electron chi connectivity index (χ4n) is 3.73. The quantitative estimate of drug-likeness (QED) is 0.826. The van der Waals surface area contributed by atoms with E-state index in [0.29, 0.717) is 16.5 Å². The molecule has 1 amide bonds. The number of carbonyl (C=O) groups excluding carboxylic acids is 1. The third kappa shape index (κ3) is 4.80. The Bertz CT molecular complexity index is 774. The third-order valence-corrected chi connectivity index (χ3v) is 5.08. The first-order valence-electron chi connectivity index (χ1n) is 9.17. The summed E-state index contributed by atoms with van der Waals surface area (Å²) in [6.45, 7) is 5.67. The van der Waals surface area contributed by atoms with Crippen molar-refractivity contribution in [2.45, 2.75) is 32.1 Å². The molecule has 5 nitrogen and oxygen atoms in total. The first-order valence-corrected chi connectivity index (χ1v) is 9.55. The zero-order valence-corrected chi connectivity index (χ0v) is 16.6. The van der Waals surface area contributed by atoms with Gasteiger partial charge in [0.1, 0.15) is 31.0 Å². The molecule has 4 atom stereocenters. The van der Waals surface area contributed by atoms with Crippen LogP contribution in [0, 0.1) is 0 Å². The van der Waals surface area contributed by atoms with E-state index in [1.54, 1.807) is 25.3 Å². The van der Waals surface area contributed by atoms with Crippen molar-refractivity contribution >= 4 is 23.2 Å². The monoisotopic (exact) mass is 389 g/mol. The number of anilines is 1. The number of ether oxygens (including phenoxy) is 2. The minimum atomic E-state index is -0.319. The number of quaternary nitrogens is 1. The highest BCUT2D eigenvalue weighted by Gasteiger charge is 2.37. The number of halogens is 1. The molecule has 0 radical (unpaired) electrons. The number of morpholine rings is 1. The van der Waals surface area contributed by atoms with Crippen molar-refractivity contribution in [3.05, 3.63) is 59.1 Å². The van der Waals surface area contributed by atoms with Gasteiger partial charge in [0, 0.05) is 11.3 Å². The number of hydrogen-bond donors (Lipinski definition) is 2. The normalized spacial score (nSPS) is 23.5. The van der Waals surface area contributed by atoms with Crippen LogP contribution in [0.25, 0.3) is 0 Å². The van der Waals surface area contributed by atoms with E-state index in [4.69, 9.17) is 21.1 Å². The fourth-order valence-corrected chi connectivity index (χ4v) is 3.98. The Balaban J connectivity index is 1.86. The first kappa shape index (κ1) is 19.7. The lowest BCUT2D eigenvalue weighted by Gasteiger charge is -2.36. The molecular formula is C21H26ClN2O3+. The minimum absolute atomic E-state index is 0.0567. The average molecular weight is 390 g/mol. The van der Waals surface area contributed by atoms with Crippen molar-refractivity contribution in [1.29, 1.82) is 0 Å². The Kier molecular flexibility index (Phi) is 6.37. The van der Waals surface area contributed by atoms with Gasteiger partial charge < -0.3 is 19.7 Å². The molecular weight excluding hydrogens is 364 g/mol. The van der Waals surface area contributed by atoms with Crippen LogP contribution in [-0.2, 0) is 9.53 Å². The summed E-state index contributed by atoms with van der Waals surface area (Å²) in [7, 11) is 1.56.